The maximum atomic E-state index is 12.0. The van der Waals surface area contributed by atoms with Crippen LogP contribution in [-0.2, 0) is 11.3 Å². The van der Waals surface area contributed by atoms with E-state index >= 15 is 0 Å². The van der Waals surface area contributed by atoms with Crippen LogP contribution in [0, 0.1) is 0 Å². The van der Waals surface area contributed by atoms with Crippen molar-refractivity contribution in [3.8, 4) is 11.3 Å². The lowest BCUT2D eigenvalue weighted by atomic mass is 10.2. The maximum absolute atomic E-state index is 12.0. The molecule has 0 aliphatic heterocycles. The minimum Gasteiger partial charge on any atom is -0.326 e. The van der Waals surface area contributed by atoms with Crippen LogP contribution in [0.15, 0.2) is 65.7 Å². The van der Waals surface area contributed by atoms with E-state index in [0.717, 1.165) is 5.56 Å². The normalized spacial score (nSPS) is 10.5. The lowest BCUT2D eigenvalue weighted by Crippen LogP contribution is -2.23. The van der Waals surface area contributed by atoms with Crippen molar-refractivity contribution in [3.63, 3.8) is 0 Å². The van der Waals surface area contributed by atoms with Gasteiger partial charge in [-0.2, -0.15) is 5.10 Å². The summed E-state index contributed by atoms with van der Waals surface area (Å²) in [5, 5.41) is 7.77. The van der Waals surface area contributed by atoms with Crippen molar-refractivity contribution in [2.75, 3.05) is 5.32 Å². The zero-order valence-corrected chi connectivity index (χ0v) is 14.7. The smallest absolute Gasteiger partial charge is 0.266 e. The quantitative estimate of drug-likeness (QED) is 0.723. The molecular formula is C19H17ClN4O2. The highest BCUT2D eigenvalue weighted by molar-refractivity contribution is 6.30. The minimum absolute atomic E-state index is 0.120. The number of hydrogen-bond acceptors (Lipinski definition) is 4. The van der Waals surface area contributed by atoms with Crippen LogP contribution >= 0.6 is 11.6 Å². The van der Waals surface area contributed by atoms with Crippen LogP contribution < -0.4 is 10.9 Å². The monoisotopic (exact) mass is 368 g/mol. The van der Waals surface area contributed by atoms with E-state index in [9.17, 15) is 9.59 Å². The van der Waals surface area contributed by atoms with Gasteiger partial charge < -0.3 is 5.32 Å². The van der Waals surface area contributed by atoms with Gasteiger partial charge in [-0.05, 0) is 48.9 Å². The molecule has 7 heteroatoms. The van der Waals surface area contributed by atoms with E-state index in [4.69, 9.17) is 11.6 Å². The van der Waals surface area contributed by atoms with Crippen LogP contribution in [0.4, 0.5) is 5.69 Å². The average molecular weight is 369 g/mol. The molecular weight excluding hydrogens is 352 g/mol. The maximum Gasteiger partial charge on any atom is 0.266 e. The molecule has 0 radical (unpaired) electrons. The van der Waals surface area contributed by atoms with Crippen LogP contribution in [0.5, 0.6) is 0 Å². The summed E-state index contributed by atoms with van der Waals surface area (Å²) in [7, 11) is 0. The Labute approximate surface area is 155 Å². The van der Waals surface area contributed by atoms with Gasteiger partial charge in [-0.1, -0.05) is 11.6 Å². The molecule has 2 aromatic heterocycles. The van der Waals surface area contributed by atoms with Crippen molar-refractivity contribution in [1.29, 1.82) is 0 Å². The predicted octanol–water partition coefficient (Wildman–Crippen LogP) is 3.38. The Morgan fingerprint density at radius 3 is 2.50 bits per heavy atom. The fraction of sp³-hybridized carbons (Fsp3) is 0.158. The first-order chi connectivity index (χ1) is 12.6. The molecule has 3 rings (SSSR count). The van der Waals surface area contributed by atoms with Gasteiger partial charge in [0.15, 0.2) is 0 Å². The summed E-state index contributed by atoms with van der Waals surface area (Å²) in [6, 6.07) is 13.7. The van der Waals surface area contributed by atoms with Crippen LogP contribution in [0.25, 0.3) is 11.3 Å². The Hall–Kier alpha value is -2.99. The standard InChI is InChI=1S/C19H17ClN4O2/c20-15-3-5-16(6-4-15)22-18(25)2-1-13-24-19(26)8-7-17(23-24)14-9-11-21-12-10-14/h3-12H,1-2,13H2,(H,22,25). The van der Waals surface area contributed by atoms with Gasteiger partial charge in [-0.3, -0.25) is 14.6 Å². The lowest BCUT2D eigenvalue weighted by molar-refractivity contribution is -0.116. The Bertz CT molecular complexity index is 940. The Balaban J connectivity index is 1.58. The van der Waals surface area contributed by atoms with Crippen LogP contribution in [0.1, 0.15) is 12.8 Å². The van der Waals surface area contributed by atoms with Crippen LogP contribution in [0.2, 0.25) is 5.02 Å². The Morgan fingerprint density at radius 2 is 1.77 bits per heavy atom. The number of nitrogens with zero attached hydrogens (tertiary/aromatic N) is 3. The van der Waals surface area contributed by atoms with Gasteiger partial charge in [-0.15, -0.1) is 0 Å². The zero-order chi connectivity index (χ0) is 18.4. The summed E-state index contributed by atoms with van der Waals surface area (Å²) in [4.78, 5) is 27.9. The van der Waals surface area contributed by atoms with Crippen molar-refractivity contribution < 1.29 is 4.79 Å². The van der Waals surface area contributed by atoms with Gasteiger partial charge in [0.05, 0.1) is 5.69 Å². The van der Waals surface area contributed by atoms with Gasteiger partial charge in [0.25, 0.3) is 5.56 Å². The molecule has 0 atom stereocenters. The fourth-order valence-electron chi connectivity index (χ4n) is 2.43. The van der Waals surface area contributed by atoms with Gasteiger partial charge >= 0.3 is 0 Å². The van der Waals surface area contributed by atoms with Crippen molar-refractivity contribution in [2.24, 2.45) is 0 Å². The molecule has 6 nitrogen and oxygen atoms in total. The summed E-state index contributed by atoms with van der Waals surface area (Å²) in [6.07, 6.45) is 4.14. The summed E-state index contributed by atoms with van der Waals surface area (Å²) >= 11 is 5.82. The molecule has 1 aromatic carbocycles. The fourth-order valence-corrected chi connectivity index (χ4v) is 2.56. The van der Waals surface area contributed by atoms with E-state index in [1.165, 1.54) is 10.7 Å². The Morgan fingerprint density at radius 1 is 1.04 bits per heavy atom. The third-order valence-corrected chi connectivity index (χ3v) is 4.00. The molecule has 0 unspecified atom stereocenters. The third-order valence-electron chi connectivity index (χ3n) is 3.74. The molecule has 1 amide bonds. The summed E-state index contributed by atoms with van der Waals surface area (Å²) in [5.41, 5.74) is 2.07. The molecule has 0 fully saturated rings. The molecule has 0 bridgehead atoms. The van der Waals surface area contributed by atoms with Gasteiger partial charge in [-0.25, -0.2) is 4.68 Å². The highest BCUT2D eigenvalue weighted by Crippen LogP contribution is 2.14. The molecule has 0 aliphatic carbocycles. The summed E-state index contributed by atoms with van der Waals surface area (Å²) in [6.45, 7) is 0.367. The van der Waals surface area contributed by atoms with Crippen molar-refractivity contribution >= 4 is 23.2 Å². The topological polar surface area (TPSA) is 76.9 Å². The van der Waals surface area contributed by atoms with Crippen LogP contribution in [0.3, 0.4) is 0 Å². The number of carbonyl (C=O) groups excluding carboxylic acids is 1. The van der Waals surface area contributed by atoms with E-state index in [1.54, 1.807) is 42.7 Å². The first-order valence-electron chi connectivity index (χ1n) is 8.16. The van der Waals surface area contributed by atoms with Crippen molar-refractivity contribution in [2.45, 2.75) is 19.4 Å². The molecule has 0 aliphatic rings. The van der Waals surface area contributed by atoms with E-state index < -0.39 is 0 Å². The third kappa shape index (κ3) is 4.77. The highest BCUT2D eigenvalue weighted by Gasteiger charge is 2.06. The SMILES string of the molecule is O=C(CCCn1nc(-c2ccncc2)ccc1=O)Nc1ccc(Cl)cc1. The van der Waals surface area contributed by atoms with Gasteiger partial charge in [0.1, 0.15) is 0 Å². The minimum atomic E-state index is -0.194. The molecule has 1 N–H and O–H groups in total. The number of nitrogens with one attached hydrogen (secondary N) is 1. The number of pyridine rings is 1. The first kappa shape index (κ1) is 17.8. The summed E-state index contributed by atoms with van der Waals surface area (Å²) < 4.78 is 1.38. The second kappa shape index (κ2) is 8.40. The van der Waals surface area contributed by atoms with Crippen molar-refractivity contribution in [1.82, 2.24) is 14.8 Å². The molecule has 2 heterocycles. The predicted molar refractivity (Wildman–Crippen MR) is 101 cm³/mol. The number of amides is 1. The van der Waals surface area contributed by atoms with E-state index in [1.807, 2.05) is 12.1 Å². The van der Waals surface area contributed by atoms with E-state index in [2.05, 4.69) is 15.4 Å². The lowest BCUT2D eigenvalue weighted by Gasteiger charge is -2.08. The van der Waals surface area contributed by atoms with Gasteiger partial charge in [0, 0.05) is 47.7 Å². The number of rotatable bonds is 6. The second-order valence-electron chi connectivity index (χ2n) is 5.67. The summed E-state index contributed by atoms with van der Waals surface area (Å²) in [5.74, 6) is -0.120. The van der Waals surface area contributed by atoms with Crippen LogP contribution in [-0.4, -0.2) is 20.7 Å². The van der Waals surface area contributed by atoms with Crippen molar-refractivity contribution in [3.05, 3.63) is 76.3 Å². The highest BCUT2D eigenvalue weighted by atomic mass is 35.5. The number of hydrogen-bond donors (Lipinski definition) is 1. The molecule has 0 spiro atoms. The zero-order valence-electron chi connectivity index (χ0n) is 13.9. The first-order valence-corrected chi connectivity index (χ1v) is 8.53. The molecule has 26 heavy (non-hydrogen) atoms. The molecule has 132 valence electrons. The Kier molecular flexibility index (Phi) is 5.76. The number of anilines is 1. The van der Waals surface area contributed by atoms with Gasteiger partial charge in [0.2, 0.25) is 5.91 Å². The van der Waals surface area contributed by atoms with E-state index in [-0.39, 0.29) is 17.9 Å². The number of halogens is 1. The number of aryl methyl sites for hydroxylation is 1. The number of carbonyl (C=O) groups is 1. The number of benzene rings is 1. The second-order valence-corrected chi connectivity index (χ2v) is 6.11. The van der Waals surface area contributed by atoms with E-state index in [0.29, 0.717) is 29.4 Å². The average Bonchev–Trinajstić information content (AvgIpc) is 2.66. The molecule has 0 saturated carbocycles. The largest absolute Gasteiger partial charge is 0.326 e. The molecule has 0 saturated heterocycles. The number of aromatic nitrogens is 3. The molecule has 3 aromatic rings.